The van der Waals surface area contributed by atoms with Crippen LogP contribution in [0.2, 0.25) is 0 Å². The predicted molar refractivity (Wildman–Crippen MR) is 81.1 cm³/mol. The fourth-order valence-electron chi connectivity index (χ4n) is 3.16. The van der Waals surface area contributed by atoms with Crippen molar-refractivity contribution >= 4 is 17.0 Å². The molecule has 0 unspecified atom stereocenters. The van der Waals surface area contributed by atoms with Crippen LogP contribution in [0.25, 0.3) is 11.1 Å². The van der Waals surface area contributed by atoms with E-state index in [0.717, 1.165) is 0 Å². The number of fused-ring (bicyclic) bond motifs is 1. The fraction of sp³-hybridized carbons (Fsp3) is 0.312. The highest BCUT2D eigenvalue weighted by Crippen LogP contribution is 2.26. The number of carbonyl (C=O) groups is 1. The Morgan fingerprint density at radius 2 is 2.04 bits per heavy atom. The predicted octanol–water partition coefficient (Wildman–Crippen LogP) is 2.20. The molecule has 3 aromatic rings. The Labute approximate surface area is 135 Å². The van der Waals surface area contributed by atoms with Crippen LogP contribution in [0.15, 0.2) is 44.2 Å². The van der Waals surface area contributed by atoms with Gasteiger partial charge in [-0.15, -0.1) is 0 Å². The summed E-state index contributed by atoms with van der Waals surface area (Å²) in [6.07, 6.45) is 2.57. The maximum Gasteiger partial charge on any atom is 0.420 e. The molecule has 1 saturated heterocycles. The van der Waals surface area contributed by atoms with Crippen molar-refractivity contribution in [2.24, 2.45) is 0 Å². The molecule has 0 radical (unpaired) electrons. The average Bonchev–Trinajstić information content (AvgIpc) is 3.21. The number of piperidine rings is 1. The molecule has 24 heavy (non-hydrogen) atoms. The number of aromatic nitrogens is 2. The molecule has 1 aliphatic rings. The zero-order valence-corrected chi connectivity index (χ0v) is 12.6. The normalized spacial score (nSPS) is 16.0. The Morgan fingerprint density at radius 3 is 2.75 bits per heavy atom. The molecule has 0 N–H and O–H groups in total. The molecule has 0 aliphatic carbocycles. The van der Waals surface area contributed by atoms with E-state index >= 15 is 0 Å². The highest BCUT2D eigenvalue weighted by molar-refractivity contribution is 5.91. The second kappa shape index (κ2) is 5.63. The Hall–Kier alpha value is -2.90. The Kier molecular flexibility index (Phi) is 3.44. The molecular formula is C16H14FN3O4. The van der Waals surface area contributed by atoms with Gasteiger partial charge in [0.2, 0.25) is 5.76 Å². The van der Waals surface area contributed by atoms with Crippen LogP contribution >= 0.6 is 0 Å². The standard InChI is InChI=1S/C16H14FN3O4/c17-10-1-2-13-12(9-10)20(16(22)23-13)11-4-7-19(8-5-11)15(21)14-3-6-18-24-14/h1-3,6,9,11H,4-5,7-8H2. The molecule has 2 aromatic heterocycles. The van der Waals surface area contributed by atoms with Crippen molar-refractivity contribution in [2.75, 3.05) is 13.1 Å². The molecule has 3 heterocycles. The zero-order chi connectivity index (χ0) is 16.7. The van der Waals surface area contributed by atoms with Crippen LogP contribution in [0.1, 0.15) is 29.4 Å². The molecule has 1 amide bonds. The van der Waals surface area contributed by atoms with Gasteiger partial charge in [-0.05, 0) is 25.0 Å². The molecule has 0 atom stereocenters. The molecule has 0 saturated carbocycles. The number of amides is 1. The van der Waals surface area contributed by atoms with Gasteiger partial charge in [-0.3, -0.25) is 9.36 Å². The first-order valence-electron chi connectivity index (χ1n) is 7.64. The number of carbonyl (C=O) groups excluding carboxylic acids is 1. The molecule has 4 rings (SSSR count). The van der Waals surface area contributed by atoms with Crippen molar-refractivity contribution in [3.05, 3.63) is 52.6 Å². The van der Waals surface area contributed by atoms with Crippen LogP contribution in [-0.4, -0.2) is 33.6 Å². The number of hydrogen-bond donors (Lipinski definition) is 0. The van der Waals surface area contributed by atoms with Gasteiger partial charge in [0.1, 0.15) is 5.82 Å². The third kappa shape index (κ3) is 2.40. The first-order chi connectivity index (χ1) is 11.6. The molecule has 0 bridgehead atoms. The molecular weight excluding hydrogens is 317 g/mol. The van der Waals surface area contributed by atoms with E-state index < -0.39 is 11.6 Å². The van der Waals surface area contributed by atoms with Gasteiger partial charge in [-0.1, -0.05) is 5.16 Å². The van der Waals surface area contributed by atoms with Gasteiger partial charge in [0.25, 0.3) is 5.91 Å². The second-order valence-electron chi connectivity index (χ2n) is 5.75. The van der Waals surface area contributed by atoms with E-state index in [1.54, 1.807) is 4.90 Å². The molecule has 8 heteroatoms. The van der Waals surface area contributed by atoms with E-state index in [4.69, 9.17) is 8.94 Å². The number of oxazole rings is 1. The quantitative estimate of drug-likeness (QED) is 0.719. The number of hydrogen-bond acceptors (Lipinski definition) is 5. The average molecular weight is 331 g/mol. The van der Waals surface area contributed by atoms with Gasteiger partial charge in [-0.25, -0.2) is 9.18 Å². The molecule has 7 nitrogen and oxygen atoms in total. The van der Waals surface area contributed by atoms with E-state index in [1.165, 1.54) is 35.0 Å². The SMILES string of the molecule is O=C(c1ccno1)N1CCC(n2c(=O)oc3ccc(F)cc32)CC1. The smallest absolute Gasteiger partial charge is 0.408 e. The molecule has 124 valence electrons. The first-order valence-corrected chi connectivity index (χ1v) is 7.64. The maximum atomic E-state index is 13.5. The molecule has 0 spiro atoms. The summed E-state index contributed by atoms with van der Waals surface area (Å²) in [6, 6.07) is 5.39. The maximum absolute atomic E-state index is 13.5. The Morgan fingerprint density at radius 1 is 1.25 bits per heavy atom. The number of halogens is 1. The summed E-state index contributed by atoms with van der Waals surface area (Å²) < 4.78 is 25.0. The van der Waals surface area contributed by atoms with Crippen molar-refractivity contribution < 1.29 is 18.1 Å². The van der Waals surface area contributed by atoms with Crippen molar-refractivity contribution in [3.8, 4) is 0 Å². The van der Waals surface area contributed by atoms with Crippen LogP contribution < -0.4 is 5.76 Å². The summed E-state index contributed by atoms with van der Waals surface area (Å²) in [5.41, 5.74) is 0.807. The minimum atomic E-state index is -0.504. The van der Waals surface area contributed by atoms with E-state index in [-0.39, 0.29) is 17.7 Å². The number of benzene rings is 1. The Balaban J connectivity index is 1.56. The molecule has 1 fully saturated rings. The summed E-state index contributed by atoms with van der Waals surface area (Å²) in [4.78, 5) is 26.0. The highest BCUT2D eigenvalue weighted by Gasteiger charge is 2.28. The van der Waals surface area contributed by atoms with E-state index in [0.29, 0.717) is 37.0 Å². The third-order valence-corrected chi connectivity index (χ3v) is 4.34. The topological polar surface area (TPSA) is 81.5 Å². The van der Waals surface area contributed by atoms with Gasteiger partial charge in [0.05, 0.1) is 11.7 Å². The van der Waals surface area contributed by atoms with Crippen molar-refractivity contribution in [1.29, 1.82) is 0 Å². The van der Waals surface area contributed by atoms with Crippen LogP contribution in [-0.2, 0) is 0 Å². The third-order valence-electron chi connectivity index (χ3n) is 4.34. The zero-order valence-electron chi connectivity index (χ0n) is 12.6. The minimum absolute atomic E-state index is 0.140. The largest absolute Gasteiger partial charge is 0.420 e. The lowest BCUT2D eigenvalue weighted by molar-refractivity contribution is 0.0652. The first kappa shape index (κ1) is 14.7. The van der Waals surface area contributed by atoms with Crippen LogP contribution in [0.4, 0.5) is 4.39 Å². The summed E-state index contributed by atoms with van der Waals surface area (Å²) in [7, 11) is 0. The van der Waals surface area contributed by atoms with Crippen molar-refractivity contribution in [3.63, 3.8) is 0 Å². The van der Waals surface area contributed by atoms with Crippen molar-refractivity contribution in [2.45, 2.75) is 18.9 Å². The van der Waals surface area contributed by atoms with E-state index in [2.05, 4.69) is 5.16 Å². The van der Waals surface area contributed by atoms with Gasteiger partial charge >= 0.3 is 5.76 Å². The molecule has 1 aromatic carbocycles. The van der Waals surface area contributed by atoms with Crippen LogP contribution in [0.5, 0.6) is 0 Å². The number of rotatable bonds is 2. The number of nitrogens with zero attached hydrogens (tertiary/aromatic N) is 3. The molecule has 1 aliphatic heterocycles. The van der Waals surface area contributed by atoms with Gasteiger partial charge in [-0.2, -0.15) is 0 Å². The number of likely N-dealkylation sites (tertiary alicyclic amines) is 1. The monoisotopic (exact) mass is 331 g/mol. The van der Waals surface area contributed by atoms with E-state index in [1.807, 2.05) is 0 Å². The second-order valence-corrected chi connectivity index (χ2v) is 5.75. The minimum Gasteiger partial charge on any atom is -0.408 e. The highest BCUT2D eigenvalue weighted by atomic mass is 19.1. The van der Waals surface area contributed by atoms with Crippen LogP contribution in [0, 0.1) is 5.82 Å². The van der Waals surface area contributed by atoms with Gasteiger partial charge in [0.15, 0.2) is 5.58 Å². The fourth-order valence-corrected chi connectivity index (χ4v) is 3.16. The summed E-state index contributed by atoms with van der Waals surface area (Å²) in [5.74, 6) is -0.951. The lowest BCUT2D eigenvalue weighted by Crippen LogP contribution is -2.40. The van der Waals surface area contributed by atoms with Gasteiger partial charge < -0.3 is 13.8 Å². The summed E-state index contributed by atoms with van der Waals surface area (Å²) >= 11 is 0. The Bertz CT molecular complexity index is 936. The van der Waals surface area contributed by atoms with Gasteiger partial charge in [0, 0.05) is 31.3 Å². The lowest BCUT2D eigenvalue weighted by Gasteiger charge is -2.31. The lowest BCUT2D eigenvalue weighted by atomic mass is 10.0. The van der Waals surface area contributed by atoms with Crippen LogP contribution in [0.3, 0.4) is 0 Å². The summed E-state index contributed by atoms with van der Waals surface area (Å²) in [5, 5.41) is 3.53. The van der Waals surface area contributed by atoms with E-state index in [9.17, 15) is 14.0 Å². The van der Waals surface area contributed by atoms with Crippen molar-refractivity contribution in [1.82, 2.24) is 14.6 Å². The summed E-state index contributed by atoms with van der Waals surface area (Å²) in [6.45, 7) is 0.942.